The van der Waals surface area contributed by atoms with Crippen LogP contribution in [-0.4, -0.2) is 42.5 Å². The van der Waals surface area contributed by atoms with Gasteiger partial charge >= 0.3 is 29.6 Å². The normalized spacial score (nSPS) is 10.8. The Balaban J connectivity index is 0.00000169. The molecule has 14 heavy (non-hydrogen) atoms. The molecule has 0 saturated heterocycles. The number of rotatable bonds is 1. The molecular weight excluding hydrogens is 260 g/mol. The van der Waals surface area contributed by atoms with E-state index < -0.39 is 15.0 Å². The predicted molar refractivity (Wildman–Crippen MR) is 57.8 cm³/mol. The molecule has 4 nitrogen and oxygen atoms in total. The number of halogens is 2. The van der Waals surface area contributed by atoms with E-state index in [-0.39, 0.29) is 45.3 Å². The van der Waals surface area contributed by atoms with Gasteiger partial charge in [-0.1, -0.05) is 23.2 Å². The van der Waals surface area contributed by atoms with E-state index in [1.54, 1.807) is 0 Å². The molecule has 0 unspecified atom stereocenters. The molecule has 3 N–H and O–H groups in total. The van der Waals surface area contributed by atoms with E-state index >= 15 is 0 Å². The molecule has 0 aliphatic carbocycles. The fraction of sp³-hybridized carbons (Fsp3) is 0. The molecule has 0 radical (unpaired) electrons. The van der Waals surface area contributed by atoms with E-state index in [1.807, 2.05) is 0 Å². The summed E-state index contributed by atoms with van der Waals surface area (Å²) in [6.07, 6.45) is 0. The van der Waals surface area contributed by atoms with Gasteiger partial charge in [0.1, 0.15) is 4.90 Å². The van der Waals surface area contributed by atoms with Crippen LogP contribution in [-0.2, 0) is 10.1 Å². The molecule has 74 valence electrons. The number of hydrogen-bond acceptors (Lipinski definition) is 3. The first-order chi connectivity index (χ1) is 5.82. The predicted octanol–water partition coefficient (Wildman–Crippen LogP) is 1.17. The van der Waals surface area contributed by atoms with E-state index in [1.165, 1.54) is 0 Å². The summed E-state index contributed by atoms with van der Waals surface area (Å²) in [7, 11) is -4.34. The first-order valence-corrected chi connectivity index (χ1v) is 5.24. The monoisotopic (exact) mass is 265 g/mol. The minimum atomic E-state index is -4.34. The third-order valence-corrected chi connectivity index (χ3v) is 2.97. The van der Waals surface area contributed by atoms with Gasteiger partial charge in [-0.3, -0.25) is 4.55 Å². The van der Waals surface area contributed by atoms with Gasteiger partial charge in [0.2, 0.25) is 0 Å². The summed E-state index contributed by atoms with van der Waals surface area (Å²) >= 11 is 11.0. The Bertz CT molecular complexity index is 449. The molecule has 0 fully saturated rings. The zero-order valence-corrected chi connectivity index (χ0v) is 8.49. The summed E-state index contributed by atoms with van der Waals surface area (Å²) in [5, 5.41) is -0.138. The van der Waals surface area contributed by atoms with Gasteiger partial charge in [-0.15, -0.1) is 0 Å². The zero-order valence-electron chi connectivity index (χ0n) is 6.16. The third-order valence-electron chi connectivity index (χ3n) is 1.33. The van der Waals surface area contributed by atoms with Crippen LogP contribution in [0.4, 0.5) is 5.69 Å². The summed E-state index contributed by atoms with van der Waals surface area (Å²) in [6, 6.07) is 2.15. The van der Waals surface area contributed by atoms with Crippen LogP contribution in [0.5, 0.6) is 0 Å². The van der Waals surface area contributed by atoms with Crippen molar-refractivity contribution in [1.29, 1.82) is 0 Å². The van der Waals surface area contributed by atoms with Crippen LogP contribution in [0.2, 0.25) is 10.0 Å². The third kappa shape index (κ3) is 3.27. The molecular formula is C6H6Cl2NNaO3S. The van der Waals surface area contributed by atoms with Crippen LogP contribution in [0.3, 0.4) is 0 Å². The van der Waals surface area contributed by atoms with Gasteiger partial charge in [0, 0.05) is 0 Å². The second-order valence-corrected chi connectivity index (χ2v) is 4.48. The van der Waals surface area contributed by atoms with Gasteiger partial charge in [-0.25, -0.2) is 0 Å². The van der Waals surface area contributed by atoms with Crippen LogP contribution >= 0.6 is 23.2 Å². The van der Waals surface area contributed by atoms with Crippen molar-refractivity contribution < 1.29 is 13.0 Å². The number of nitrogen functional groups attached to an aromatic ring is 1. The summed E-state index contributed by atoms with van der Waals surface area (Å²) in [6.45, 7) is 0. The van der Waals surface area contributed by atoms with E-state index in [0.29, 0.717) is 0 Å². The van der Waals surface area contributed by atoms with Crippen molar-refractivity contribution in [3.8, 4) is 0 Å². The minimum absolute atomic E-state index is 0. The summed E-state index contributed by atoms with van der Waals surface area (Å²) in [5.41, 5.74) is 5.49. The van der Waals surface area contributed by atoms with Gasteiger partial charge < -0.3 is 5.73 Å². The first-order valence-electron chi connectivity index (χ1n) is 3.04. The van der Waals surface area contributed by atoms with Gasteiger partial charge in [-0.2, -0.15) is 8.42 Å². The Hall–Kier alpha value is 0.510. The van der Waals surface area contributed by atoms with Crippen molar-refractivity contribution >= 4 is 68.6 Å². The molecule has 0 spiro atoms. The molecule has 0 aromatic heterocycles. The molecule has 8 heteroatoms. The van der Waals surface area contributed by atoms with Crippen molar-refractivity contribution in [1.82, 2.24) is 0 Å². The van der Waals surface area contributed by atoms with Gasteiger partial charge in [0.25, 0.3) is 10.1 Å². The zero-order chi connectivity index (χ0) is 10.2. The second-order valence-electron chi connectivity index (χ2n) is 2.28. The summed E-state index contributed by atoms with van der Waals surface area (Å²) in [5.74, 6) is 0. The number of anilines is 1. The quantitative estimate of drug-likeness (QED) is 0.454. The average molecular weight is 266 g/mol. The van der Waals surface area contributed by atoms with E-state index in [9.17, 15) is 8.42 Å². The van der Waals surface area contributed by atoms with Crippen LogP contribution in [0.1, 0.15) is 0 Å². The van der Waals surface area contributed by atoms with Crippen LogP contribution in [0.25, 0.3) is 0 Å². The fourth-order valence-corrected chi connectivity index (χ4v) is 2.01. The number of nitrogens with two attached hydrogens (primary N) is 1. The van der Waals surface area contributed by atoms with Gasteiger partial charge in [0.05, 0.1) is 15.7 Å². The molecule has 0 atom stereocenters. The number of hydrogen-bond donors (Lipinski definition) is 2. The molecule has 0 heterocycles. The Morgan fingerprint density at radius 1 is 1.21 bits per heavy atom. The topological polar surface area (TPSA) is 80.4 Å². The van der Waals surface area contributed by atoms with Gasteiger partial charge in [0.15, 0.2) is 0 Å². The average Bonchev–Trinajstić information content (AvgIpc) is 1.94. The molecule has 1 rings (SSSR count). The fourth-order valence-electron chi connectivity index (χ4n) is 0.742. The Morgan fingerprint density at radius 3 is 2.14 bits per heavy atom. The number of benzene rings is 1. The molecule has 0 bridgehead atoms. The van der Waals surface area contributed by atoms with Crippen LogP contribution in [0.15, 0.2) is 17.0 Å². The van der Waals surface area contributed by atoms with Crippen molar-refractivity contribution in [2.24, 2.45) is 0 Å². The molecule has 1 aromatic carbocycles. The standard InChI is InChI=1S/C6H5Cl2NO3S.Na.H/c7-3-2-6(13(10,11)12)4(8)1-5(3)9;;/h1-2H,9H2,(H,10,11,12);;. The van der Waals surface area contributed by atoms with Gasteiger partial charge in [-0.05, 0) is 12.1 Å². The van der Waals surface area contributed by atoms with Crippen molar-refractivity contribution in [3.63, 3.8) is 0 Å². The van der Waals surface area contributed by atoms with Crippen molar-refractivity contribution in [3.05, 3.63) is 22.2 Å². The van der Waals surface area contributed by atoms with Crippen molar-refractivity contribution in [2.75, 3.05) is 5.73 Å². The molecule has 0 aliphatic heterocycles. The summed E-state index contributed by atoms with van der Waals surface area (Å²) < 4.78 is 30.1. The SMILES string of the molecule is Nc1cc(Cl)c(S(=O)(=O)O)cc1Cl.[NaH]. The molecule has 0 saturated carbocycles. The first kappa shape index (κ1) is 14.5. The Labute approximate surface area is 113 Å². The van der Waals surface area contributed by atoms with E-state index in [0.717, 1.165) is 12.1 Å². The molecule has 0 amide bonds. The maximum atomic E-state index is 10.7. The Kier molecular flexibility index (Phi) is 5.21. The molecule has 0 aliphatic rings. The maximum absolute atomic E-state index is 10.7. The molecule has 1 aromatic rings. The summed E-state index contributed by atoms with van der Waals surface area (Å²) in [4.78, 5) is -0.451. The van der Waals surface area contributed by atoms with E-state index in [4.69, 9.17) is 33.5 Å². The Morgan fingerprint density at radius 2 is 1.71 bits per heavy atom. The van der Waals surface area contributed by atoms with Crippen LogP contribution < -0.4 is 5.73 Å². The van der Waals surface area contributed by atoms with Crippen LogP contribution in [0, 0.1) is 0 Å². The van der Waals surface area contributed by atoms with E-state index in [2.05, 4.69) is 0 Å². The van der Waals surface area contributed by atoms with Crippen molar-refractivity contribution in [2.45, 2.75) is 4.90 Å². The second kappa shape index (κ2) is 5.03.